The molecule has 0 spiro atoms. The average molecular weight is 279 g/mol. The zero-order valence-electron chi connectivity index (χ0n) is 10.0. The summed E-state index contributed by atoms with van der Waals surface area (Å²) in [7, 11) is 0. The van der Waals surface area contributed by atoms with Crippen molar-refractivity contribution < 1.29 is 15.0 Å². The zero-order valence-corrected chi connectivity index (χ0v) is 10.9. The first kappa shape index (κ1) is 13.5. The van der Waals surface area contributed by atoms with Crippen LogP contribution in [0, 0.1) is 0 Å². The highest BCUT2D eigenvalue weighted by Crippen LogP contribution is 2.31. The molecule has 3 N–H and O–H groups in total. The van der Waals surface area contributed by atoms with E-state index >= 15 is 0 Å². The molecule has 2 rings (SSSR count). The average Bonchev–Trinajstić information content (AvgIpc) is 2.37. The lowest BCUT2D eigenvalue weighted by atomic mass is 10.2. The molecule has 1 aromatic carbocycles. The zero-order chi connectivity index (χ0) is 13.8. The van der Waals surface area contributed by atoms with E-state index in [2.05, 4.69) is 4.98 Å². The maximum Gasteiger partial charge on any atom is 0.303 e. The summed E-state index contributed by atoms with van der Waals surface area (Å²) in [5, 5.41) is 19.2. The van der Waals surface area contributed by atoms with Crippen LogP contribution < -0.4 is 5.56 Å². The minimum Gasteiger partial charge on any atom is -0.506 e. The number of H-pyrrole nitrogens is 1. The fourth-order valence-electron chi connectivity index (χ4n) is 1.74. The van der Waals surface area contributed by atoms with Gasteiger partial charge >= 0.3 is 5.97 Å². The van der Waals surface area contributed by atoms with E-state index in [4.69, 9.17) is 5.11 Å². The lowest BCUT2D eigenvalue weighted by Gasteiger charge is -2.06. The Balaban J connectivity index is 2.23. The van der Waals surface area contributed by atoms with Gasteiger partial charge in [0.05, 0.1) is 5.52 Å². The Kier molecular flexibility index (Phi) is 4.11. The smallest absolute Gasteiger partial charge is 0.303 e. The number of benzene rings is 1. The van der Waals surface area contributed by atoms with Gasteiger partial charge in [-0.3, -0.25) is 9.59 Å². The molecule has 0 saturated carbocycles. The summed E-state index contributed by atoms with van der Waals surface area (Å²) in [6, 6.07) is 6.99. The molecular weight excluding hydrogens is 266 g/mol. The highest BCUT2D eigenvalue weighted by Gasteiger charge is 2.11. The number of carboxylic acids is 1. The minimum absolute atomic E-state index is 0.0420. The summed E-state index contributed by atoms with van der Waals surface area (Å²) in [5.41, 5.74) is 0.233. The second-order valence-corrected chi connectivity index (χ2v) is 5.13. The number of para-hydroxylation sites is 1. The van der Waals surface area contributed by atoms with E-state index < -0.39 is 5.97 Å². The summed E-state index contributed by atoms with van der Waals surface area (Å²) < 4.78 is 0. The number of aromatic nitrogens is 1. The van der Waals surface area contributed by atoms with Crippen molar-refractivity contribution in [1.29, 1.82) is 0 Å². The van der Waals surface area contributed by atoms with E-state index in [-0.39, 0.29) is 22.6 Å². The van der Waals surface area contributed by atoms with Crippen molar-refractivity contribution in [1.82, 2.24) is 4.98 Å². The number of rotatable bonds is 5. The number of hydrogen-bond acceptors (Lipinski definition) is 4. The summed E-state index contributed by atoms with van der Waals surface area (Å²) >= 11 is 1.17. The van der Waals surface area contributed by atoms with Gasteiger partial charge in [0.25, 0.3) is 5.56 Å². The number of aromatic hydroxyl groups is 1. The third kappa shape index (κ3) is 3.08. The van der Waals surface area contributed by atoms with Crippen LogP contribution in [0.1, 0.15) is 12.8 Å². The quantitative estimate of drug-likeness (QED) is 0.576. The molecule has 0 aliphatic rings. The van der Waals surface area contributed by atoms with E-state index in [1.807, 2.05) is 0 Å². The maximum absolute atomic E-state index is 11.8. The fraction of sp³-hybridized carbons (Fsp3) is 0.231. The van der Waals surface area contributed by atoms with Crippen LogP contribution in [0.25, 0.3) is 10.9 Å². The topological polar surface area (TPSA) is 90.4 Å². The molecule has 0 saturated heterocycles. The number of aromatic amines is 1. The Bertz CT molecular complexity index is 665. The van der Waals surface area contributed by atoms with Crippen LogP contribution in [-0.2, 0) is 4.79 Å². The Labute approximate surface area is 113 Å². The fourth-order valence-corrected chi connectivity index (χ4v) is 2.66. The molecule has 100 valence electrons. The Hall–Kier alpha value is -1.95. The monoisotopic (exact) mass is 279 g/mol. The number of hydrogen-bond donors (Lipinski definition) is 3. The van der Waals surface area contributed by atoms with E-state index in [1.165, 1.54) is 11.8 Å². The van der Waals surface area contributed by atoms with Crippen molar-refractivity contribution in [2.45, 2.75) is 17.7 Å². The molecule has 0 atom stereocenters. The molecule has 1 heterocycles. The predicted octanol–water partition coefficient (Wildman–Crippen LogP) is 2.19. The van der Waals surface area contributed by atoms with Crippen molar-refractivity contribution in [3.8, 4) is 5.75 Å². The Morgan fingerprint density at radius 3 is 2.79 bits per heavy atom. The highest BCUT2D eigenvalue weighted by atomic mass is 32.2. The highest BCUT2D eigenvalue weighted by molar-refractivity contribution is 7.99. The minimum atomic E-state index is -0.864. The Morgan fingerprint density at radius 2 is 2.05 bits per heavy atom. The SMILES string of the molecule is O=C(O)CCCSc1c(O)c2ccccc2[nH]c1=O. The number of carboxylic acid groups (broad SMARTS) is 1. The van der Waals surface area contributed by atoms with Crippen LogP contribution in [-0.4, -0.2) is 26.9 Å². The third-order valence-electron chi connectivity index (χ3n) is 2.63. The molecule has 5 nitrogen and oxygen atoms in total. The third-order valence-corrected chi connectivity index (χ3v) is 3.79. The summed E-state index contributed by atoms with van der Waals surface area (Å²) in [4.78, 5) is 25.2. The van der Waals surface area contributed by atoms with Gasteiger partial charge in [0.15, 0.2) is 0 Å². The number of fused-ring (bicyclic) bond motifs is 1. The van der Waals surface area contributed by atoms with Crippen LogP contribution in [0.15, 0.2) is 34.0 Å². The standard InChI is InChI=1S/C13H13NO4S/c15-10(16)6-3-7-19-12-11(17)8-4-1-2-5-9(8)14-13(12)18/h1-2,4-5H,3,6-7H2,(H,15,16)(H2,14,17,18). The number of nitrogens with one attached hydrogen (secondary N) is 1. The molecule has 1 aromatic heterocycles. The van der Waals surface area contributed by atoms with Gasteiger partial charge in [0.1, 0.15) is 10.6 Å². The van der Waals surface area contributed by atoms with E-state index in [9.17, 15) is 14.7 Å². The van der Waals surface area contributed by atoms with Crippen molar-refractivity contribution in [3.05, 3.63) is 34.6 Å². The molecule has 0 amide bonds. The maximum atomic E-state index is 11.8. The second kappa shape index (κ2) is 5.79. The molecule has 0 unspecified atom stereocenters. The molecule has 2 aromatic rings. The van der Waals surface area contributed by atoms with Crippen LogP contribution in [0.2, 0.25) is 0 Å². The van der Waals surface area contributed by atoms with Crippen LogP contribution in [0.4, 0.5) is 0 Å². The van der Waals surface area contributed by atoms with Crippen molar-refractivity contribution in [2.24, 2.45) is 0 Å². The van der Waals surface area contributed by atoms with Gasteiger partial charge in [-0.2, -0.15) is 0 Å². The van der Waals surface area contributed by atoms with Gasteiger partial charge in [0, 0.05) is 11.8 Å². The van der Waals surface area contributed by atoms with Gasteiger partial charge in [-0.05, 0) is 24.3 Å². The molecule has 0 aliphatic heterocycles. The summed E-state index contributed by atoms with van der Waals surface area (Å²) in [6.07, 6.45) is 0.505. The molecule has 19 heavy (non-hydrogen) atoms. The normalized spacial score (nSPS) is 10.7. The van der Waals surface area contributed by atoms with E-state index in [0.717, 1.165) is 0 Å². The number of pyridine rings is 1. The van der Waals surface area contributed by atoms with Crippen molar-refractivity contribution in [3.63, 3.8) is 0 Å². The Morgan fingerprint density at radius 1 is 1.32 bits per heavy atom. The van der Waals surface area contributed by atoms with E-state index in [0.29, 0.717) is 23.1 Å². The molecule has 0 fully saturated rings. The lowest BCUT2D eigenvalue weighted by Crippen LogP contribution is -2.09. The second-order valence-electron chi connectivity index (χ2n) is 4.02. The first-order valence-corrected chi connectivity index (χ1v) is 6.76. The predicted molar refractivity (Wildman–Crippen MR) is 73.8 cm³/mol. The van der Waals surface area contributed by atoms with Gasteiger partial charge in [-0.25, -0.2) is 0 Å². The van der Waals surface area contributed by atoms with Crippen LogP contribution >= 0.6 is 11.8 Å². The van der Waals surface area contributed by atoms with Gasteiger partial charge < -0.3 is 15.2 Å². The molecule has 0 bridgehead atoms. The summed E-state index contributed by atoms with van der Waals surface area (Å²) in [5.74, 6) is -0.432. The largest absolute Gasteiger partial charge is 0.506 e. The number of thioether (sulfide) groups is 1. The van der Waals surface area contributed by atoms with Crippen molar-refractivity contribution >= 4 is 28.6 Å². The molecule has 0 aliphatic carbocycles. The first-order valence-electron chi connectivity index (χ1n) is 5.78. The lowest BCUT2D eigenvalue weighted by molar-refractivity contribution is -0.137. The van der Waals surface area contributed by atoms with Gasteiger partial charge in [-0.15, -0.1) is 11.8 Å². The molecule has 0 radical (unpaired) electrons. The van der Waals surface area contributed by atoms with E-state index in [1.54, 1.807) is 24.3 Å². The van der Waals surface area contributed by atoms with Gasteiger partial charge in [0.2, 0.25) is 0 Å². The number of carbonyl (C=O) groups is 1. The van der Waals surface area contributed by atoms with Crippen LogP contribution in [0.5, 0.6) is 5.75 Å². The molecular formula is C13H13NO4S. The first-order chi connectivity index (χ1) is 9.09. The van der Waals surface area contributed by atoms with Crippen LogP contribution in [0.3, 0.4) is 0 Å². The molecule has 6 heteroatoms. The summed E-state index contributed by atoms with van der Waals surface area (Å²) in [6.45, 7) is 0. The van der Waals surface area contributed by atoms with Gasteiger partial charge in [-0.1, -0.05) is 12.1 Å². The number of aliphatic carboxylic acids is 1. The van der Waals surface area contributed by atoms with Crippen molar-refractivity contribution in [2.75, 3.05) is 5.75 Å².